The lowest BCUT2D eigenvalue weighted by molar-refractivity contribution is -0.130. The van der Waals surface area contributed by atoms with Gasteiger partial charge in [0, 0.05) is 25.6 Å². The SMILES string of the molecule is CCC(C)(O)CNC(=O)C1CC(=O)N(C(C)C)C1. The summed E-state index contributed by atoms with van der Waals surface area (Å²) in [6.45, 7) is 8.16. The second-order valence-corrected chi connectivity index (χ2v) is 5.61. The highest BCUT2D eigenvalue weighted by atomic mass is 16.3. The molecule has 1 aliphatic heterocycles. The van der Waals surface area contributed by atoms with E-state index in [9.17, 15) is 14.7 Å². The number of nitrogens with one attached hydrogen (secondary N) is 1. The number of hydrogen-bond donors (Lipinski definition) is 2. The average molecular weight is 256 g/mol. The van der Waals surface area contributed by atoms with Gasteiger partial charge in [-0.05, 0) is 27.2 Å². The molecule has 0 aromatic carbocycles. The fourth-order valence-electron chi connectivity index (χ4n) is 1.95. The Bertz CT molecular complexity index is 326. The first-order chi connectivity index (χ1) is 8.26. The largest absolute Gasteiger partial charge is 0.388 e. The van der Waals surface area contributed by atoms with Crippen LogP contribution in [-0.4, -0.2) is 46.6 Å². The molecule has 2 amide bonds. The lowest BCUT2D eigenvalue weighted by Gasteiger charge is -2.23. The van der Waals surface area contributed by atoms with Crippen LogP contribution in [-0.2, 0) is 9.59 Å². The maximum Gasteiger partial charge on any atom is 0.225 e. The summed E-state index contributed by atoms with van der Waals surface area (Å²) in [5.41, 5.74) is -0.879. The van der Waals surface area contributed by atoms with Crippen LogP contribution in [0, 0.1) is 5.92 Å². The van der Waals surface area contributed by atoms with E-state index in [0.717, 1.165) is 0 Å². The first-order valence-corrected chi connectivity index (χ1v) is 6.56. The van der Waals surface area contributed by atoms with Gasteiger partial charge in [0.1, 0.15) is 0 Å². The molecule has 0 radical (unpaired) electrons. The molecule has 1 aliphatic rings. The summed E-state index contributed by atoms with van der Waals surface area (Å²) < 4.78 is 0. The molecule has 5 heteroatoms. The third-order valence-electron chi connectivity index (χ3n) is 3.56. The highest BCUT2D eigenvalue weighted by Crippen LogP contribution is 2.20. The Balaban J connectivity index is 2.48. The molecule has 2 N–H and O–H groups in total. The zero-order valence-corrected chi connectivity index (χ0v) is 11.7. The van der Waals surface area contributed by atoms with E-state index in [1.807, 2.05) is 20.8 Å². The van der Waals surface area contributed by atoms with Gasteiger partial charge in [-0.15, -0.1) is 0 Å². The van der Waals surface area contributed by atoms with Crippen LogP contribution in [0.4, 0.5) is 0 Å². The zero-order valence-electron chi connectivity index (χ0n) is 11.7. The number of nitrogens with zero attached hydrogens (tertiary/aromatic N) is 1. The minimum absolute atomic E-state index is 0.0346. The molecule has 0 aromatic rings. The van der Waals surface area contributed by atoms with Gasteiger partial charge < -0.3 is 15.3 Å². The molecule has 1 saturated heterocycles. The molecular weight excluding hydrogens is 232 g/mol. The number of aliphatic hydroxyl groups is 1. The summed E-state index contributed by atoms with van der Waals surface area (Å²) >= 11 is 0. The van der Waals surface area contributed by atoms with E-state index < -0.39 is 5.60 Å². The average Bonchev–Trinajstić information content (AvgIpc) is 2.68. The lowest BCUT2D eigenvalue weighted by Crippen LogP contribution is -2.43. The van der Waals surface area contributed by atoms with E-state index in [1.54, 1.807) is 11.8 Å². The van der Waals surface area contributed by atoms with Crippen molar-refractivity contribution in [3.05, 3.63) is 0 Å². The van der Waals surface area contributed by atoms with Gasteiger partial charge >= 0.3 is 0 Å². The second-order valence-electron chi connectivity index (χ2n) is 5.61. The number of likely N-dealkylation sites (tertiary alicyclic amines) is 1. The topological polar surface area (TPSA) is 69.6 Å². The number of rotatable bonds is 5. The van der Waals surface area contributed by atoms with Crippen LogP contribution in [0.25, 0.3) is 0 Å². The molecule has 0 spiro atoms. The highest BCUT2D eigenvalue weighted by Gasteiger charge is 2.35. The Kier molecular flexibility index (Phi) is 4.73. The van der Waals surface area contributed by atoms with Crippen molar-refractivity contribution in [1.29, 1.82) is 0 Å². The van der Waals surface area contributed by atoms with Crippen LogP contribution in [0.15, 0.2) is 0 Å². The molecule has 104 valence electrons. The lowest BCUT2D eigenvalue weighted by atomic mass is 10.0. The summed E-state index contributed by atoms with van der Waals surface area (Å²) in [7, 11) is 0. The van der Waals surface area contributed by atoms with Gasteiger partial charge in [-0.3, -0.25) is 9.59 Å². The van der Waals surface area contributed by atoms with E-state index in [1.165, 1.54) is 0 Å². The molecule has 1 rings (SSSR count). The normalized spacial score (nSPS) is 23.3. The minimum Gasteiger partial charge on any atom is -0.388 e. The minimum atomic E-state index is -0.879. The first-order valence-electron chi connectivity index (χ1n) is 6.56. The predicted molar refractivity (Wildman–Crippen MR) is 68.9 cm³/mol. The Morgan fingerprint density at radius 2 is 2.22 bits per heavy atom. The molecule has 1 heterocycles. The van der Waals surface area contributed by atoms with Gasteiger partial charge in [-0.2, -0.15) is 0 Å². The standard InChI is InChI=1S/C13H24N2O3/c1-5-13(4,18)8-14-12(17)10-6-11(16)15(7-10)9(2)3/h9-10,18H,5-8H2,1-4H3,(H,14,17). The van der Waals surface area contributed by atoms with Gasteiger partial charge in [-0.25, -0.2) is 0 Å². The van der Waals surface area contributed by atoms with Crippen LogP contribution in [0.5, 0.6) is 0 Å². The smallest absolute Gasteiger partial charge is 0.225 e. The van der Waals surface area contributed by atoms with E-state index in [4.69, 9.17) is 0 Å². The van der Waals surface area contributed by atoms with Crippen molar-refractivity contribution in [3.63, 3.8) is 0 Å². The Labute approximate surface area is 109 Å². The molecule has 0 aromatic heterocycles. The van der Waals surface area contributed by atoms with Gasteiger partial charge in [-0.1, -0.05) is 6.92 Å². The van der Waals surface area contributed by atoms with Crippen LogP contribution in [0.3, 0.4) is 0 Å². The van der Waals surface area contributed by atoms with Crippen LogP contribution < -0.4 is 5.32 Å². The zero-order chi connectivity index (χ0) is 13.9. The molecule has 5 nitrogen and oxygen atoms in total. The van der Waals surface area contributed by atoms with Crippen molar-refractivity contribution in [2.45, 2.75) is 52.2 Å². The molecule has 0 saturated carbocycles. The Morgan fingerprint density at radius 1 is 1.61 bits per heavy atom. The molecule has 0 bridgehead atoms. The van der Waals surface area contributed by atoms with Crippen LogP contribution in [0.1, 0.15) is 40.5 Å². The Hall–Kier alpha value is -1.10. The van der Waals surface area contributed by atoms with Crippen molar-refractivity contribution in [1.82, 2.24) is 10.2 Å². The number of carbonyl (C=O) groups excluding carboxylic acids is 2. The van der Waals surface area contributed by atoms with E-state index >= 15 is 0 Å². The maximum atomic E-state index is 11.9. The maximum absolute atomic E-state index is 11.9. The molecule has 18 heavy (non-hydrogen) atoms. The van der Waals surface area contributed by atoms with E-state index in [0.29, 0.717) is 13.0 Å². The molecule has 0 aliphatic carbocycles. The summed E-state index contributed by atoms with van der Waals surface area (Å²) in [6.07, 6.45) is 0.854. The van der Waals surface area contributed by atoms with Crippen molar-refractivity contribution < 1.29 is 14.7 Å². The molecular formula is C13H24N2O3. The predicted octanol–water partition coefficient (Wildman–Crippen LogP) is 0.520. The number of hydrogen-bond acceptors (Lipinski definition) is 3. The van der Waals surface area contributed by atoms with Crippen LogP contribution >= 0.6 is 0 Å². The fourth-order valence-corrected chi connectivity index (χ4v) is 1.95. The van der Waals surface area contributed by atoms with E-state index in [-0.39, 0.29) is 36.7 Å². The summed E-state index contributed by atoms with van der Waals surface area (Å²) in [6, 6.07) is 0.133. The summed E-state index contributed by atoms with van der Waals surface area (Å²) in [5, 5.41) is 12.5. The van der Waals surface area contributed by atoms with Crippen molar-refractivity contribution in [2.75, 3.05) is 13.1 Å². The van der Waals surface area contributed by atoms with Gasteiger partial charge in [0.25, 0.3) is 0 Å². The van der Waals surface area contributed by atoms with Gasteiger partial charge in [0.2, 0.25) is 11.8 Å². The monoisotopic (exact) mass is 256 g/mol. The first kappa shape index (κ1) is 15.0. The molecule has 2 unspecified atom stereocenters. The molecule has 2 atom stereocenters. The third-order valence-corrected chi connectivity index (χ3v) is 3.56. The van der Waals surface area contributed by atoms with Gasteiger partial charge in [0.05, 0.1) is 11.5 Å². The van der Waals surface area contributed by atoms with Crippen molar-refractivity contribution >= 4 is 11.8 Å². The number of carbonyl (C=O) groups is 2. The Morgan fingerprint density at radius 3 is 2.67 bits per heavy atom. The quantitative estimate of drug-likeness (QED) is 0.753. The van der Waals surface area contributed by atoms with Crippen molar-refractivity contribution in [2.24, 2.45) is 5.92 Å². The van der Waals surface area contributed by atoms with Crippen molar-refractivity contribution in [3.8, 4) is 0 Å². The fraction of sp³-hybridized carbons (Fsp3) is 0.846. The third kappa shape index (κ3) is 3.70. The summed E-state index contributed by atoms with van der Waals surface area (Å²) in [4.78, 5) is 25.3. The number of amides is 2. The van der Waals surface area contributed by atoms with E-state index in [2.05, 4.69) is 5.32 Å². The second kappa shape index (κ2) is 5.69. The molecule has 1 fully saturated rings. The van der Waals surface area contributed by atoms with Crippen LogP contribution in [0.2, 0.25) is 0 Å². The summed E-state index contributed by atoms with van der Waals surface area (Å²) in [5.74, 6) is -0.389. The van der Waals surface area contributed by atoms with Gasteiger partial charge in [0.15, 0.2) is 0 Å². The highest BCUT2D eigenvalue weighted by molar-refractivity contribution is 5.89.